The van der Waals surface area contributed by atoms with E-state index >= 15 is 0 Å². The van der Waals surface area contributed by atoms with E-state index in [1.165, 1.54) is 13.2 Å². The van der Waals surface area contributed by atoms with Crippen molar-refractivity contribution < 1.29 is 34.4 Å². The summed E-state index contributed by atoms with van der Waals surface area (Å²) in [7, 11) is 1.49. The molecule has 0 aliphatic heterocycles. The molecule has 3 rings (SSSR count). The van der Waals surface area contributed by atoms with E-state index in [1.807, 2.05) is 6.92 Å². The van der Waals surface area contributed by atoms with Crippen LogP contribution in [0.25, 0.3) is 0 Å². The Morgan fingerprint density at radius 3 is 2.64 bits per heavy atom. The van der Waals surface area contributed by atoms with Crippen LogP contribution in [0.4, 0.5) is 0 Å². The Hall–Kier alpha value is -2.15. The lowest BCUT2D eigenvalue weighted by Crippen LogP contribution is -2.55. The standard InChI is InChI=1S/C26H35IN2O7/c1-3-4-5-23(32)29(14-16-6-7-16)20-12-18(26(34)28-8-9-30)13-21(24(20)33)36-25-19(27)10-17(15-31)11-22(25)35-2/h4-5,10-11,13,16,20-21,24,30-31,33H,3,6-9,12,14-15H2,1-2H3,(H,28,34)/t20-,21+,24+/m1/s1. The minimum Gasteiger partial charge on any atom is -0.493 e. The molecule has 0 unspecified atom stereocenters. The molecule has 1 fully saturated rings. The first-order chi connectivity index (χ1) is 17.3. The van der Waals surface area contributed by atoms with Gasteiger partial charge < -0.3 is 35.0 Å². The summed E-state index contributed by atoms with van der Waals surface area (Å²) < 4.78 is 12.4. The van der Waals surface area contributed by atoms with Crippen LogP contribution >= 0.6 is 22.6 Å². The number of carbonyl (C=O) groups excluding carboxylic acids is 2. The van der Waals surface area contributed by atoms with Crippen LogP contribution < -0.4 is 14.8 Å². The molecule has 9 nitrogen and oxygen atoms in total. The Labute approximate surface area is 225 Å². The van der Waals surface area contributed by atoms with Gasteiger partial charge in [0.1, 0.15) is 12.2 Å². The van der Waals surface area contributed by atoms with Gasteiger partial charge in [-0.1, -0.05) is 13.0 Å². The van der Waals surface area contributed by atoms with Crippen molar-refractivity contribution in [3.05, 3.63) is 45.1 Å². The van der Waals surface area contributed by atoms with Crippen molar-refractivity contribution >= 4 is 34.4 Å². The number of carbonyl (C=O) groups is 2. The summed E-state index contributed by atoms with van der Waals surface area (Å²) in [6.07, 6.45) is 5.76. The SMILES string of the molecule is CCC=CC(=O)N(CC1CC1)[C@@H]1CC(C(=O)NCCO)=C[C@H](Oc2c(I)cc(CO)cc2OC)[C@H]1O. The van der Waals surface area contributed by atoms with Gasteiger partial charge in [-0.25, -0.2) is 0 Å². The third kappa shape index (κ3) is 7.21. The Kier molecular flexibility index (Phi) is 10.6. The van der Waals surface area contributed by atoms with E-state index in [0.29, 0.717) is 45.1 Å². The van der Waals surface area contributed by atoms with Gasteiger partial charge in [-0.15, -0.1) is 0 Å². The molecule has 0 spiro atoms. The van der Waals surface area contributed by atoms with Gasteiger partial charge in [0, 0.05) is 25.1 Å². The van der Waals surface area contributed by atoms with Gasteiger partial charge in [0.2, 0.25) is 11.8 Å². The van der Waals surface area contributed by atoms with E-state index in [2.05, 4.69) is 27.9 Å². The highest BCUT2D eigenvalue weighted by Crippen LogP contribution is 2.38. The van der Waals surface area contributed by atoms with Gasteiger partial charge in [-0.2, -0.15) is 0 Å². The normalized spacial score (nSPS) is 21.7. The molecule has 198 valence electrons. The molecule has 0 aromatic heterocycles. The zero-order valence-electron chi connectivity index (χ0n) is 20.7. The van der Waals surface area contributed by atoms with Gasteiger partial charge in [-0.3, -0.25) is 9.59 Å². The quantitative estimate of drug-likeness (QED) is 0.209. The number of benzene rings is 1. The van der Waals surface area contributed by atoms with Crippen molar-refractivity contribution in [3.8, 4) is 11.5 Å². The molecule has 3 atom stereocenters. The molecule has 1 aromatic carbocycles. The summed E-state index contributed by atoms with van der Waals surface area (Å²) in [6.45, 7) is 2.16. The Morgan fingerprint density at radius 1 is 1.28 bits per heavy atom. The first-order valence-corrected chi connectivity index (χ1v) is 13.3. The molecule has 2 aliphatic rings. The second-order valence-corrected chi connectivity index (χ2v) is 10.2. The van der Waals surface area contributed by atoms with Crippen molar-refractivity contribution in [1.29, 1.82) is 0 Å². The average molecular weight is 614 g/mol. The second-order valence-electron chi connectivity index (χ2n) is 9.03. The fourth-order valence-corrected chi connectivity index (χ4v) is 4.97. The molecule has 2 amide bonds. The zero-order valence-corrected chi connectivity index (χ0v) is 22.8. The third-order valence-corrected chi connectivity index (χ3v) is 7.07. The molecule has 0 heterocycles. The summed E-state index contributed by atoms with van der Waals surface area (Å²) in [5.74, 6) is 0.548. The van der Waals surface area contributed by atoms with E-state index in [9.17, 15) is 19.8 Å². The number of ether oxygens (including phenoxy) is 2. The number of methoxy groups -OCH3 is 1. The molecule has 36 heavy (non-hydrogen) atoms. The molecule has 1 aromatic rings. The van der Waals surface area contributed by atoms with Crippen molar-refractivity contribution in [3.63, 3.8) is 0 Å². The minimum atomic E-state index is -1.10. The van der Waals surface area contributed by atoms with Crippen LogP contribution in [0.2, 0.25) is 0 Å². The molecule has 0 bridgehead atoms. The summed E-state index contributed by atoms with van der Waals surface area (Å²) in [4.78, 5) is 27.7. The maximum atomic E-state index is 13.1. The number of rotatable bonds is 12. The molecular weight excluding hydrogens is 579 g/mol. The molecular formula is C26H35IN2O7. The Bertz CT molecular complexity index is 993. The molecule has 10 heteroatoms. The molecule has 1 saturated carbocycles. The van der Waals surface area contributed by atoms with Gasteiger partial charge in [-0.05, 0) is 77.6 Å². The number of aliphatic hydroxyl groups is 3. The van der Waals surface area contributed by atoms with Gasteiger partial charge in [0.25, 0.3) is 0 Å². The first-order valence-electron chi connectivity index (χ1n) is 12.2. The first kappa shape index (κ1) is 28.4. The van der Waals surface area contributed by atoms with Gasteiger partial charge in [0.05, 0.1) is 29.9 Å². The highest BCUT2D eigenvalue weighted by molar-refractivity contribution is 14.1. The summed E-state index contributed by atoms with van der Waals surface area (Å²) in [5, 5.41) is 32.8. The Balaban J connectivity index is 1.98. The molecule has 2 aliphatic carbocycles. The van der Waals surface area contributed by atoms with Crippen LogP contribution in [0.5, 0.6) is 11.5 Å². The predicted molar refractivity (Wildman–Crippen MR) is 143 cm³/mol. The zero-order chi connectivity index (χ0) is 26.2. The van der Waals surface area contributed by atoms with Crippen molar-refractivity contribution in [2.45, 2.75) is 57.5 Å². The van der Waals surface area contributed by atoms with Crippen LogP contribution in [-0.4, -0.2) is 77.1 Å². The lowest BCUT2D eigenvalue weighted by atomic mass is 9.88. The maximum Gasteiger partial charge on any atom is 0.247 e. The lowest BCUT2D eigenvalue weighted by Gasteiger charge is -2.40. The van der Waals surface area contributed by atoms with E-state index in [-0.39, 0.29) is 38.0 Å². The lowest BCUT2D eigenvalue weighted by molar-refractivity contribution is -0.133. The van der Waals surface area contributed by atoms with Crippen molar-refractivity contribution in [2.24, 2.45) is 5.92 Å². The topological polar surface area (TPSA) is 129 Å². The number of nitrogens with one attached hydrogen (secondary N) is 1. The highest BCUT2D eigenvalue weighted by atomic mass is 127. The predicted octanol–water partition coefficient (Wildman–Crippen LogP) is 1.91. The van der Waals surface area contributed by atoms with Crippen LogP contribution in [0.3, 0.4) is 0 Å². The molecule has 0 radical (unpaired) electrons. The second kappa shape index (κ2) is 13.4. The van der Waals surface area contributed by atoms with Crippen molar-refractivity contribution in [1.82, 2.24) is 10.2 Å². The van der Waals surface area contributed by atoms with Crippen LogP contribution in [-0.2, 0) is 16.2 Å². The number of amides is 2. The summed E-state index contributed by atoms with van der Waals surface area (Å²) in [6, 6.07) is 2.73. The summed E-state index contributed by atoms with van der Waals surface area (Å²) in [5.41, 5.74) is 1.02. The van der Waals surface area contributed by atoms with E-state index in [0.717, 1.165) is 12.8 Å². The monoisotopic (exact) mass is 614 g/mol. The van der Waals surface area contributed by atoms with Crippen molar-refractivity contribution in [2.75, 3.05) is 26.8 Å². The van der Waals surface area contributed by atoms with E-state index in [1.54, 1.807) is 29.2 Å². The number of hydrogen-bond acceptors (Lipinski definition) is 7. The maximum absolute atomic E-state index is 13.1. The number of nitrogens with zero attached hydrogens (tertiary/aromatic N) is 1. The number of halogens is 1. The third-order valence-electron chi connectivity index (χ3n) is 6.27. The molecule has 0 saturated heterocycles. The van der Waals surface area contributed by atoms with Gasteiger partial charge >= 0.3 is 0 Å². The number of aliphatic hydroxyl groups excluding tert-OH is 3. The van der Waals surface area contributed by atoms with E-state index in [4.69, 9.17) is 14.6 Å². The highest BCUT2D eigenvalue weighted by Gasteiger charge is 2.42. The largest absolute Gasteiger partial charge is 0.493 e. The average Bonchev–Trinajstić information content (AvgIpc) is 3.70. The fourth-order valence-electron chi connectivity index (χ4n) is 4.18. The summed E-state index contributed by atoms with van der Waals surface area (Å²) >= 11 is 2.07. The number of hydrogen-bond donors (Lipinski definition) is 4. The molecule has 4 N–H and O–H groups in total. The fraction of sp³-hybridized carbons (Fsp3) is 0.538. The van der Waals surface area contributed by atoms with Gasteiger partial charge in [0.15, 0.2) is 11.5 Å². The van der Waals surface area contributed by atoms with E-state index < -0.39 is 18.2 Å². The Morgan fingerprint density at radius 2 is 2.03 bits per heavy atom. The minimum absolute atomic E-state index is 0.0905. The van der Waals surface area contributed by atoms with Crippen LogP contribution in [0.1, 0.15) is 38.2 Å². The van der Waals surface area contributed by atoms with Crippen LogP contribution in [0.15, 0.2) is 35.9 Å². The van der Waals surface area contributed by atoms with Crippen LogP contribution in [0, 0.1) is 9.49 Å². The number of allylic oxidation sites excluding steroid dienone is 1. The smallest absolute Gasteiger partial charge is 0.247 e.